The normalized spacial score (nSPS) is 19.9. The van der Waals surface area contributed by atoms with Crippen molar-refractivity contribution >= 4 is 7.25 Å². The molecular weight excluding hydrogens is 225 g/mol. The summed E-state index contributed by atoms with van der Waals surface area (Å²) in [6, 6.07) is 0. The van der Waals surface area contributed by atoms with Gasteiger partial charge in [-0.2, -0.15) is 0 Å². The van der Waals surface area contributed by atoms with Gasteiger partial charge in [0.25, 0.3) is 0 Å². The number of halogens is 4. The molecule has 0 saturated carbocycles. The Labute approximate surface area is 94.3 Å². The average molecular weight is 245 g/mol. The fourth-order valence-electron chi connectivity index (χ4n) is 1.55. The van der Waals surface area contributed by atoms with Crippen molar-refractivity contribution in [3.05, 3.63) is 0 Å². The molecule has 1 aliphatic rings. The Morgan fingerprint density at radius 2 is 1.56 bits per heavy atom. The molecule has 2 nitrogen and oxygen atoms in total. The van der Waals surface area contributed by atoms with Crippen LogP contribution in [0.5, 0.6) is 0 Å². The Bertz CT molecular complexity index is 177. The number of unbranched alkanes of at least 4 members (excludes halogenated alkanes) is 1. The predicted molar refractivity (Wildman–Crippen MR) is 56.7 cm³/mol. The Balaban J connectivity index is 0.000000385. The van der Waals surface area contributed by atoms with Gasteiger partial charge in [0, 0.05) is 0 Å². The highest BCUT2D eigenvalue weighted by Gasteiger charge is 2.23. The summed E-state index contributed by atoms with van der Waals surface area (Å²) < 4.78 is 45.6. The first-order valence-corrected chi connectivity index (χ1v) is 5.55. The number of nitrogens with zero attached hydrogens (tertiary/aromatic N) is 1. The van der Waals surface area contributed by atoms with Crippen LogP contribution in [0.1, 0.15) is 19.8 Å². The SMILES string of the molecule is CCCC[N+]1(C)CCOCC1.F[B-](F)(F)F. The molecule has 7 heteroatoms. The minimum atomic E-state index is -6.00. The number of hydrogen-bond acceptors (Lipinski definition) is 1. The summed E-state index contributed by atoms with van der Waals surface area (Å²) in [5, 5.41) is 0. The maximum absolute atomic E-state index is 9.75. The Morgan fingerprint density at radius 1 is 1.12 bits per heavy atom. The molecule has 1 rings (SSSR count). The third-order valence-corrected chi connectivity index (χ3v) is 2.60. The van der Waals surface area contributed by atoms with Crippen LogP contribution in [0.15, 0.2) is 0 Å². The lowest BCUT2D eigenvalue weighted by Gasteiger charge is -2.37. The van der Waals surface area contributed by atoms with Crippen molar-refractivity contribution in [2.24, 2.45) is 0 Å². The number of quaternary nitrogens is 1. The van der Waals surface area contributed by atoms with Gasteiger partial charge in [-0.05, 0) is 6.42 Å². The van der Waals surface area contributed by atoms with Gasteiger partial charge in [-0.3, -0.25) is 0 Å². The Hall–Kier alpha value is -0.295. The topological polar surface area (TPSA) is 9.23 Å². The van der Waals surface area contributed by atoms with E-state index in [1.54, 1.807) is 0 Å². The molecule has 1 aliphatic heterocycles. The van der Waals surface area contributed by atoms with Gasteiger partial charge < -0.3 is 26.5 Å². The second-order valence-electron chi connectivity index (χ2n) is 4.25. The molecule has 0 aromatic heterocycles. The van der Waals surface area contributed by atoms with Crippen LogP contribution in [-0.2, 0) is 4.74 Å². The van der Waals surface area contributed by atoms with Crippen LogP contribution >= 0.6 is 0 Å². The van der Waals surface area contributed by atoms with Crippen molar-refractivity contribution in [3.8, 4) is 0 Å². The second-order valence-corrected chi connectivity index (χ2v) is 4.25. The minimum Gasteiger partial charge on any atom is -0.418 e. The predicted octanol–water partition coefficient (Wildman–Crippen LogP) is 2.56. The van der Waals surface area contributed by atoms with Crippen LogP contribution in [-0.4, -0.2) is 51.6 Å². The average Bonchev–Trinajstić information content (AvgIpc) is 2.13. The van der Waals surface area contributed by atoms with Crippen LogP contribution in [0.2, 0.25) is 0 Å². The quantitative estimate of drug-likeness (QED) is 0.422. The zero-order chi connectivity index (χ0) is 12.7. The molecule has 0 radical (unpaired) electrons. The van der Waals surface area contributed by atoms with Gasteiger partial charge in [0.2, 0.25) is 0 Å². The van der Waals surface area contributed by atoms with Crippen LogP contribution in [0.25, 0.3) is 0 Å². The first-order valence-electron chi connectivity index (χ1n) is 5.55. The van der Waals surface area contributed by atoms with Gasteiger partial charge in [-0.25, -0.2) is 0 Å². The Morgan fingerprint density at radius 3 is 1.94 bits per heavy atom. The molecule has 16 heavy (non-hydrogen) atoms. The van der Waals surface area contributed by atoms with E-state index in [4.69, 9.17) is 4.74 Å². The molecule has 0 atom stereocenters. The second kappa shape index (κ2) is 7.11. The van der Waals surface area contributed by atoms with Crippen molar-refractivity contribution in [2.45, 2.75) is 19.8 Å². The van der Waals surface area contributed by atoms with Crippen LogP contribution in [0.4, 0.5) is 17.3 Å². The van der Waals surface area contributed by atoms with Gasteiger partial charge in [0.15, 0.2) is 0 Å². The fraction of sp³-hybridized carbons (Fsp3) is 1.00. The number of likely N-dealkylation sites (N-methyl/N-ethyl adjacent to an activating group) is 1. The monoisotopic (exact) mass is 245 g/mol. The van der Waals surface area contributed by atoms with Crippen molar-refractivity contribution in [3.63, 3.8) is 0 Å². The van der Waals surface area contributed by atoms with Crippen molar-refractivity contribution < 1.29 is 26.5 Å². The lowest BCUT2D eigenvalue weighted by atomic mass is 10.2. The number of hydrogen-bond donors (Lipinski definition) is 0. The third kappa shape index (κ3) is 10.2. The number of ether oxygens (including phenoxy) is 1. The van der Waals surface area contributed by atoms with Gasteiger partial charge >= 0.3 is 7.25 Å². The van der Waals surface area contributed by atoms with E-state index in [1.165, 1.54) is 37.0 Å². The van der Waals surface area contributed by atoms with E-state index >= 15 is 0 Å². The molecule has 1 heterocycles. The van der Waals surface area contributed by atoms with Gasteiger partial charge in [-0.1, -0.05) is 13.3 Å². The molecule has 0 unspecified atom stereocenters. The summed E-state index contributed by atoms with van der Waals surface area (Å²) in [5.41, 5.74) is 0. The highest BCUT2D eigenvalue weighted by molar-refractivity contribution is 6.50. The minimum absolute atomic E-state index is 0.959. The molecule has 0 aromatic rings. The number of rotatable bonds is 3. The summed E-state index contributed by atoms with van der Waals surface area (Å²) >= 11 is 0. The van der Waals surface area contributed by atoms with E-state index in [0.717, 1.165) is 13.2 Å². The summed E-state index contributed by atoms with van der Waals surface area (Å²) in [7, 11) is -3.65. The van der Waals surface area contributed by atoms with E-state index in [9.17, 15) is 17.3 Å². The fourth-order valence-corrected chi connectivity index (χ4v) is 1.55. The summed E-state index contributed by atoms with van der Waals surface area (Å²) in [6.45, 7) is 7.92. The molecule has 0 aromatic carbocycles. The molecule has 1 fully saturated rings. The molecular formula is C9H20BF4NO. The standard InChI is InChI=1S/C9H20NO.BF4/c1-3-4-5-10(2)6-8-11-9-7-10;2-1(3,4)5/h3-9H2,1-2H3;/q+1;-1. The van der Waals surface area contributed by atoms with Crippen molar-refractivity contribution in [2.75, 3.05) is 39.9 Å². The zero-order valence-corrected chi connectivity index (χ0v) is 9.89. The first-order chi connectivity index (χ1) is 7.27. The van der Waals surface area contributed by atoms with Crippen LogP contribution < -0.4 is 0 Å². The van der Waals surface area contributed by atoms with E-state index in [-0.39, 0.29) is 0 Å². The van der Waals surface area contributed by atoms with Crippen molar-refractivity contribution in [1.82, 2.24) is 0 Å². The zero-order valence-electron chi connectivity index (χ0n) is 9.89. The molecule has 0 aliphatic carbocycles. The maximum Gasteiger partial charge on any atom is 0.673 e. The van der Waals surface area contributed by atoms with Gasteiger partial charge in [0.1, 0.15) is 13.1 Å². The third-order valence-electron chi connectivity index (χ3n) is 2.60. The van der Waals surface area contributed by atoms with Gasteiger partial charge in [-0.15, -0.1) is 0 Å². The van der Waals surface area contributed by atoms with Crippen LogP contribution in [0.3, 0.4) is 0 Å². The largest absolute Gasteiger partial charge is 0.673 e. The smallest absolute Gasteiger partial charge is 0.418 e. The first kappa shape index (κ1) is 15.7. The Kier molecular flexibility index (Phi) is 6.98. The van der Waals surface area contributed by atoms with Gasteiger partial charge in [0.05, 0.1) is 26.8 Å². The van der Waals surface area contributed by atoms with E-state index in [0.29, 0.717) is 0 Å². The lowest BCUT2D eigenvalue weighted by molar-refractivity contribution is -0.917. The number of morpholine rings is 1. The molecule has 1 saturated heterocycles. The summed E-state index contributed by atoms with van der Waals surface area (Å²) in [4.78, 5) is 0. The lowest BCUT2D eigenvalue weighted by Crippen LogP contribution is -2.52. The summed E-state index contributed by atoms with van der Waals surface area (Å²) in [6.07, 6.45) is 2.67. The van der Waals surface area contributed by atoms with E-state index in [2.05, 4.69) is 14.0 Å². The molecule has 0 amide bonds. The molecule has 98 valence electrons. The maximum atomic E-state index is 9.75. The molecule has 0 N–H and O–H groups in total. The highest BCUT2D eigenvalue weighted by Crippen LogP contribution is 2.09. The highest BCUT2D eigenvalue weighted by atomic mass is 19.5. The van der Waals surface area contributed by atoms with Crippen molar-refractivity contribution in [1.29, 1.82) is 0 Å². The molecule has 0 bridgehead atoms. The van der Waals surface area contributed by atoms with E-state index < -0.39 is 7.25 Å². The van der Waals surface area contributed by atoms with E-state index in [1.807, 2.05) is 0 Å². The summed E-state index contributed by atoms with van der Waals surface area (Å²) in [5.74, 6) is 0. The van der Waals surface area contributed by atoms with Crippen LogP contribution in [0, 0.1) is 0 Å². The molecule has 0 spiro atoms.